The van der Waals surface area contributed by atoms with Crippen LogP contribution in [0.25, 0.3) is 16.6 Å². The SMILES string of the molecule is O=C(Nc1ccc(F)c(F)c1)c1c(O)c2ccccc2n(-c2ccccc2)c1=O. The van der Waals surface area contributed by atoms with Crippen LogP contribution in [-0.4, -0.2) is 15.6 Å². The Morgan fingerprint density at radius 1 is 0.897 bits per heavy atom. The first-order chi connectivity index (χ1) is 14.0. The molecule has 1 amide bonds. The van der Waals surface area contributed by atoms with E-state index in [0.29, 0.717) is 16.6 Å². The van der Waals surface area contributed by atoms with Gasteiger partial charge in [0.05, 0.1) is 5.52 Å². The minimum atomic E-state index is -1.15. The number of para-hydroxylation sites is 2. The molecule has 2 N–H and O–H groups in total. The lowest BCUT2D eigenvalue weighted by atomic mass is 10.1. The lowest BCUT2D eigenvalue weighted by molar-refractivity contribution is 0.102. The first-order valence-electron chi connectivity index (χ1n) is 8.66. The fourth-order valence-corrected chi connectivity index (χ4v) is 3.13. The van der Waals surface area contributed by atoms with Gasteiger partial charge in [0.1, 0.15) is 11.3 Å². The molecule has 0 saturated carbocycles. The Balaban J connectivity index is 1.91. The van der Waals surface area contributed by atoms with Crippen molar-refractivity contribution in [1.29, 1.82) is 0 Å². The van der Waals surface area contributed by atoms with Crippen LogP contribution in [0.5, 0.6) is 5.75 Å². The van der Waals surface area contributed by atoms with Crippen molar-refractivity contribution in [2.75, 3.05) is 5.32 Å². The molecule has 0 spiro atoms. The van der Waals surface area contributed by atoms with E-state index in [1.807, 2.05) is 0 Å². The zero-order valence-corrected chi connectivity index (χ0v) is 14.9. The first-order valence-corrected chi connectivity index (χ1v) is 8.66. The molecule has 1 heterocycles. The number of benzene rings is 3. The van der Waals surface area contributed by atoms with E-state index in [4.69, 9.17) is 0 Å². The molecule has 4 aromatic rings. The van der Waals surface area contributed by atoms with Crippen LogP contribution in [0.3, 0.4) is 0 Å². The van der Waals surface area contributed by atoms with Crippen LogP contribution in [0.4, 0.5) is 14.5 Å². The van der Waals surface area contributed by atoms with Gasteiger partial charge in [0, 0.05) is 22.8 Å². The van der Waals surface area contributed by atoms with E-state index in [-0.39, 0.29) is 5.69 Å². The number of pyridine rings is 1. The maximum Gasteiger partial charge on any atom is 0.272 e. The Hall–Kier alpha value is -4.00. The van der Waals surface area contributed by atoms with Crippen LogP contribution >= 0.6 is 0 Å². The van der Waals surface area contributed by atoms with E-state index in [1.165, 1.54) is 4.57 Å². The molecule has 0 atom stereocenters. The number of aromatic hydroxyl groups is 1. The summed E-state index contributed by atoms with van der Waals surface area (Å²) in [6.07, 6.45) is 0. The molecule has 0 aliphatic carbocycles. The third-order valence-electron chi connectivity index (χ3n) is 4.47. The smallest absolute Gasteiger partial charge is 0.272 e. The second-order valence-electron chi connectivity index (χ2n) is 6.30. The molecule has 5 nitrogen and oxygen atoms in total. The number of carbonyl (C=O) groups excluding carboxylic acids is 1. The van der Waals surface area contributed by atoms with Crippen molar-refractivity contribution in [2.45, 2.75) is 0 Å². The lowest BCUT2D eigenvalue weighted by Crippen LogP contribution is -2.29. The first kappa shape index (κ1) is 18.4. The average molecular weight is 392 g/mol. The Labute approximate surface area is 163 Å². The summed E-state index contributed by atoms with van der Waals surface area (Å²) in [6, 6.07) is 18.1. The van der Waals surface area contributed by atoms with Crippen molar-refractivity contribution < 1.29 is 18.7 Å². The predicted molar refractivity (Wildman–Crippen MR) is 106 cm³/mol. The van der Waals surface area contributed by atoms with Crippen LogP contribution in [0.15, 0.2) is 77.6 Å². The van der Waals surface area contributed by atoms with Crippen molar-refractivity contribution in [2.24, 2.45) is 0 Å². The highest BCUT2D eigenvalue weighted by atomic mass is 19.2. The molecule has 3 aromatic carbocycles. The van der Waals surface area contributed by atoms with Gasteiger partial charge in [0.25, 0.3) is 11.5 Å². The number of hydrogen-bond acceptors (Lipinski definition) is 3. The van der Waals surface area contributed by atoms with E-state index in [9.17, 15) is 23.5 Å². The minimum Gasteiger partial charge on any atom is -0.506 e. The number of carbonyl (C=O) groups is 1. The van der Waals surface area contributed by atoms with Crippen molar-refractivity contribution in [3.63, 3.8) is 0 Å². The molecule has 4 rings (SSSR count). The predicted octanol–water partition coefficient (Wildman–Crippen LogP) is 4.23. The zero-order valence-electron chi connectivity index (χ0n) is 14.9. The van der Waals surface area contributed by atoms with Crippen molar-refractivity contribution >= 4 is 22.5 Å². The molecular weight excluding hydrogens is 378 g/mol. The molecule has 0 saturated heterocycles. The van der Waals surface area contributed by atoms with Crippen LogP contribution in [0, 0.1) is 11.6 Å². The number of amides is 1. The normalized spacial score (nSPS) is 10.8. The fraction of sp³-hybridized carbons (Fsp3) is 0. The number of nitrogens with zero attached hydrogens (tertiary/aromatic N) is 1. The monoisotopic (exact) mass is 392 g/mol. The van der Waals surface area contributed by atoms with Crippen molar-refractivity contribution in [3.8, 4) is 11.4 Å². The Morgan fingerprint density at radius 2 is 1.59 bits per heavy atom. The molecule has 0 bridgehead atoms. The summed E-state index contributed by atoms with van der Waals surface area (Å²) in [6.45, 7) is 0. The number of fused-ring (bicyclic) bond motifs is 1. The summed E-state index contributed by atoms with van der Waals surface area (Å²) in [4.78, 5) is 25.9. The van der Waals surface area contributed by atoms with Crippen LogP contribution in [-0.2, 0) is 0 Å². The number of halogens is 2. The number of aromatic nitrogens is 1. The second kappa shape index (κ2) is 7.20. The topological polar surface area (TPSA) is 71.3 Å². The van der Waals surface area contributed by atoms with Gasteiger partial charge in [-0.25, -0.2) is 8.78 Å². The number of anilines is 1. The summed E-state index contributed by atoms with van der Waals surface area (Å²) in [5.41, 5.74) is -0.363. The van der Waals surface area contributed by atoms with Crippen LogP contribution in [0.1, 0.15) is 10.4 Å². The van der Waals surface area contributed by atoms with Crippen molar-refractivity contribution in [3.05, 3.63) is 100 Å². The quantitative estimate of drug-likeness (QED) is 0.548. The molecule has 0 aliphatic rings. The summed E-state index contributed by atoms with van der Waals surface area (Å²) in [5, 5.41) is 13.3. The molecule has 0 unspecified atom stereocenters. The van der Waals surface area contributed by atoms with Gasteiger partial charge < -0.3 is 10.4 Å². The molecular formula is C22H14F2N2O3. The molecule has 0 radical (unpaired) electrons. The Morgan fingerprint density at radius 3 is 2.31 bits per heavy atom. The molecule has 0 aliphatic heterocycles. The third kappa shape index (κ3) is 3.23. The summed E-state index contributed by atoms with van der Waals surface area (Å²) in [5.74, 6) is -3.64. The fourth-order valence-electron chi connectivity index (χ4n) is 3.13. The number of rotatable bonds is 3. The maximum atomic E-state index is 13.4. The molecule has 1 aromatic heterocycles. The van der Waals surface area contributed by atoms with Gasteiger partial charge >= 0.3 is 0 Å². The van der Waals surface area contributed by atoms with Gasteiger partial charge in [0.15, 0.2) is 11.6 Å². The van der Waals surface area contributed by atoms with Gasteiger partial charge in [-0.15, -0.1) is 0 Å². The van der Waals surface area contributed by atoms with Gasteiger partial charge in [0.2, 0.25) is 0 Å². The lowest BCUT2D eigenvalue weighted by Gasteiger charge is -2.15. The van der Waals surface area contributed by atoms with Gasteiger partial charge in [-0.1, -0.05) is 30.3 Å². The van der Waals surface area contributed by atoms with Gasteiger partial charge in [-0.05, 0) is 36.4 Å². The zero-order chi connectivity index (χ0) is 20.5. The van der Waals surface area contributed by atoms with Gasteiger partial charge in [-0.2, -0.15) is 0 Å². The van der Waals surface area contributed by atoms with Gasteiger partial charge in [-0.3, -0.25) is 14.2 Å². The minimum absolute atomic E-state index is 0.0490. The summed E-state index contributed by atoms with van der Waals surface area (Å²) in [7, 11) is 0. The highest BCUT2D eigenvalue weighted by Crippen LogP contribution is 2.28. The van der Waals surface area contributed by atoms with Crippen LogP contribution < -0.4 is 10.9 Å². The van der Waals surface area contributed by atoms with Crippen LogP contribution in [0.2, 0.25) is 0 Å². The Bertz CT molecular complexity index is 1300. The molecule has 29 heavy (non-hydrogen) atoms. The summed E-state index contributed by atoms with van der Waals surface area (Å²) < 4.78 is 27.9. The number of hydrogen-bond donors (Lipinski definition) is 2. The van der Waals surface area contributed by atoms with E-state index in [2.05, 4.69) is 5.32 Å². The Kier molecular flexibility index (Phi) is 4.56. The summed E-state index contributed by atoms with van der Waals surface area (Å²) >= 11 is 0. The van der Waals surface area contributed by atoms with Crippen molar-refractivity contribution in [1.82, 2.24) is 4.57 Å². The van der Waals surface area contributed by atoms with E-state index >= 15 is 0 Å². The molecule has 0 fully saturated rings. The number of nitrogens with one attached hydrogen (secondary N) is 1. The maximum absolute atomic E-state index is 13.4. The standard InChI is InChI=1S/C22H14F2N2O3/c23-16-11-10-13(12-17(16)24)25-21(28)19-20(27)15-8-4-5-9-18(15)26(22(19)29)14-6-2-1-3-7-14/h1-12,27H,(H,25,28). The molecule has 7 heteroatoms. The second-order valence-corrected chi connectivity index (χ2v) is 6.30. The highest BCUT2D eigenvalue weighted by molar-refractivity contribution is 6.09. The molecule has 144 valence electrons. The third-order valence-corrected chi connectivity index (χ3v) is 4.47. The van der Waals surface area contributed by atoms with E-state index in [0.717, 1.165) is 18.2 Å². The average Bonchev–Trinajstić information content (AvgIpc) is 2.72. The van der Waals surface area contributed by atoms with E-state index in [1.54, 1.807) is 54.6 Å². The van der Waals surface area contributed by atoms with E-state index < -0.39 is 34.4 Å². The largest absolute Gasteiger partial charge is 0.506 e. The highest BCUT2D eigenvalue weighted by Gasteiger charge is 2.23.